The van der Waals surface area contributed by atoms with Gasteiger partial charge in [0.15, 0.2) is 5.75 Å². The zero-order chi connectivity index (χ0) is 48.0. The molecule has 2 saturated carbocycles. The van der Waals surface area contributed by atoms with Crippen LogP contribution in [0.25, 0.3) is 11.0 Å². The van der Waals surface area contributed by atoms with Gasteiger partial charge in [0.25, 0.3) is 21.8 Å². The van der Waals surface area contributed by atoms with Crippen molar-refractivity contribution in [1.29, 1.82) is 0 Å². The maximum atomic E-state index is 14.9. The largest absolute Gasteiger partial charge is 0.475 e. The smallest absolute Gasteiger partial charge is 0.312 e. The fraction of sp³-hybridized carbons (Fsp3) is 0.500. The van der Waals surface area contributed by atoms with E-state index in [0.717, 1.165) is 63.2 Å². The maximum Gasteiger partial charge on any atom is 0.312 e. The van der Waals surface area contributed by atoms with E-state index in [0.29, 0.717) is 50.1 Å². The first kappa shape index (κ1) is 47.2. The lowest BCUT2D eigenvalue weighted by molar-refractivity contribution is -0.384. The second-order valence-corrected chi connectivity index (χ2v) is 21.6. The third-order valence-electron chi connectivity index (χ3n) is 14.8. The van der Waals surface area contributed by atoms with Gasteiger partial charge in [-0.25, -0.2) is 22.5 Å². The number of pyridine rings is 2. The molecule has 0 radical (unpaired) electrons. The number of aliphatic hydroxyl groups is 1. The summed E-state index contributed by atoms with van der Waals surface area (Å²) in [6.45, 7) is 12.3. The molecule has 0 unspecified atom stereocenters. The number of nitrogens with zero attached hydrogens (tertiary/aromatic N) is 5. The van der Waals surface area contributed by atoms with E-state index in [1.807, 2.05) is 0 Å². The van der Waals surface area contributed by atoms with Gasteiger partial charge in [0.05, 0.1) is 34.3 Å². The zero-order valence-electron chi connectivity index (χ0n) is 39.1. The molecule has 9 rings (SSSR count). The number of anilines is 2. The van der Waals surface area contributed by atoms with Crippen LogP contribution in [0.2, 0.25) is 0 Å². The second-order valence-electron chi connectivity index (χ2n) is 19.9. The SMILES string of the molecule is CCOc1nc2[nH]cc(F)c2cc1Oc1cc(N2CCC3(CC2)CN([C@@H]2CCC[C@@H]2c2ccccc2C(C)C)C3)ccc1C(=O)NS(=O)(=O)c1cnc(NCC2CCC(C)(O)CC2)c([N+](=O)[O-])c1. The fourth-order valence-corrected chi connectivity index (χ4v) is 11.9. The number of carbonyl (C=O) groups excluding carboxylic acids is 1. The number of likely N-dealkylation sites (tertiary alicyclic amines) is 1. The van der Waals surface area contributed by atoms with Gasteiger partial charge in [-0.1, -0.05) is 44.5 Å². The van der Waals surface area contributed by atoms with Gasteiger partial charge in [-0.15, -0.1) is 0 Å². The number of sulfonamides is 1. The van der Waals surface area contributed by atoms with Crippen molar-refractivity contribution >= 4 is 44.2 Å². The first-order valence-corrected chi connectivity index (χ1v) is 25.4. The summed E-state index contributed by atoms with van der Waals surface area (Å²) in [6, 6.07) is 16.6. The number of nitro groups is 1. The van der Waals surface area contributed by atoms with Crippen molar-refractivity contribution < 1.29 is 37.1 Å². The van der Waals surface area contributed by atoms with E-state index in [1.54, 1.807) is 26.0 Å². The van der Waals surface area contributed by atoms with Crippen LogP contribution in [0, 0.1) is 27.3 Å². The Morgan fingerprint density at radius 3 is 2.51 bits per heavy atom. The van der Waals surface area contributed by atoms with Crippen molar-refractivity contribution in [2.75, 3.05) is 49.5 Å². The van der Waals surface area contributed by atoms with Crippen LogP contribution in [0.15, 0.2) is 71.9 Å². The number of aromatic amines is 1. The Hall–Kier alpha value is -5.85. The number of hydrogen-bond acceptors (Lipinski definition) is 13. The maximum absolute atomic E-state index is 14.9. The molecule has 4 N–H and O–H groups in total. The van der Waals surface area contributed by atoms with E-state index in [2.05, 4.69) is 72.9 Å². The summed E-state index contributed by atoms with van der Waals surface area (Å²) in [6.07, 6.45) is 10.3. The van der Waals surface area contributed by atoms with E-state index < -0.39 is 42.9 Å². The number of H-pyrrole nitrogens is 1. The highest BCUT2D eigenvalue weighted by Gasteiger charge is 2.49. The first-order valence-electron chi connectivity index (χ1n) is 23.9. The Balaban J connectivity index is 0.935. The van der Waals surface area contributed by atoms with Crippen LogP contribution in [-0.4, -0.2) is 95.2 Å². The zero-order valence-corrected chi connectivity index (χ0v) is 39.9. The molecule has 2 saturated heterocycles. The molecule has 2 aliphatic carbocycles. The molecule has 5 heterocycles. The highest BCUT2D eigenvalue weighted by atomic mass is 32.2. The molecule has 3 aromatic heterocycles. The van der Waals surface area contributed by atoms with Crippen molar-refractivity contribution in [2.24, 2.45) is 11.3 Å². The quantitative estimate of drug-likeness (QED) is 0.0572. The standard InChI is InChI=1S/C50H61FN8O8S/c1-5-66-48-44(25-39-40(51)28-54-45(39)55-48)67-43-23-33(57-21-19-50(20-22-57)29-58(30-50)41-12-8-11-37(41)36-10-7-6-9-35(36)31(2)3)13-14-38(43)47(60)56-68(64,65)34-24-42(59(62)63)46(53-27-34)52-26-32-15-17-49(4,61)18-16-32/h6-7,9-10,13-14,23-25,27-28,31-32,37,41,61H,5,8,11-12,15-22,26,29-30H2,1-4H3,(H,52,53)(H,54,55)(H,56,60)/t32?,37-,41-,49?/m1/s1. The molecule has 2 aliphatic heterocycles. The van der Waals surface area contributed by atoms with Crippen LogP contribution in [-0.2, 0) is 10.0 Å². The molecule has 16 nitrogen and oxygen atoms in total. The highest BCUT2D eigenvalue weighted by molar-refractivity contribution is 7.90. The molecule has 18 heteroatoms. The van der Waals surface area contributed by atoms with Gasteiger partial charge < -0.3 is 29.8 Å². The van der Waals surface area contributed by atoms with Crippen LogP contribution in [0.5, 0.6) is 17.4 Å². The Bertz CT molecular complexity index is 2790. The molecule has 1 amide bonds. The predicted octanol–water partition coefficient (Wildman–Crippen LogP) is 9.03. The molecule has 2 aromatic carbocycles. The summed E-state index contributed by atoms with van der Waals surface area (Å²) < 4.78 is 56.7. The minimum Gasteiger partial charge on any atom is -0.475 e. The van der Waals surface area contributed by atoms with Gasteiger partial charge >= 0.3 is 5.69 Å². The molecule has 4 aliphatic rings. The van der Waals surface area contributed by atoms with Gasteiger partial charge in [-0.3, -0.25) is 19.8 Å². The van der Waals surface area contributed by atoms with Crippen molar-refractivity contribution in [3.05, 3.63) is 99.6 Å². The van der Waals surface area contributed by atoms with Crippen LogP contribution >= 0.6 is 0 Å². The topological polar surface area (TPSA) is 205 Å². The van der Waals surface area contributed by atoms with Crippen LogP contribution in [0.4, 0.5) is 21.6 Å². The number of hydrogen-bond donors (Lipinski definition) is 4. The number of fused-ring (bicyclic) bond motifs is 1. The lowest BCUT2D eigenvalue weighted by Gasteiger charge is -2.57. The van der Waals surface area contributed by atoms with Gasteiger partial charge in [0, 0.05) is 68.8 Å². The summed E-state index contributed by atoms with van der Waals surface area (Å²) in [5.74, 6) is -0.609. The van der Waals surface area contributed by atoms with Crippen molar-refractivity contribution in [1.82, 2.24) is 24.6 Å². The Morgan fingerprint density at radius 1 is 1.04 bits per heavy atom. The van der Waals surface area contributed by atoms with Crippen LogP contribution in [0.3, 0.4) is 0 Å². The highest BCUT2D eigenvalue weighted by Crippen LogP contribution is 2.49. The number of ether oxygens (including phenoxy) is 2. The summed E-state index contributed by atoms with van der Waals surface area (Å²) in [5.41, 5.74) is 2.64. The molecule has 68 heavy (non-hydrogen) atoms. The molecule has 1 spiro atoms. The van der Waals surface area contributed by atoms with Gasteiger partial charge in [0.2, 0.25) is 5.82 Å². The monoisotopic (exact) mass is 952 g/mol. The minimum absolute atomic E-state index is 0.00168. The molecule has 2 atom stereocenters. The van der Waals surface area contributed by atoms with Crippen LogP contribution in [0.1, 0.15) is 119 Å². The van der Waals surface area contributed by atoms with E-state index in [4.69, 9.17) is 9.47 Å². The number of amides is 1. The summed E-state index contributed by atoms with van der Waals surface area (Å²) >= 11 is 0. The van der Waals surface area contributed by atoms with E-state index in [1.165, 1.54) is 42.5 Å². The molecular formula is C50H61FN8O8S. The average molecular weight is 953 g/mol. The van der Waals surface area contributed by atoms with Gasteiger partial charge in [-0.2, -0.15) is 4.98 Å². The summed E-state index contributed by atoms with van der Waals surface area (Å²) in [7, 11) is -4.72. The Morgan fingerprint density at radius 2 is 1.79 bits per heavy atom. The van der Waals surface area contributed by atoms with Gasteiger partial charge in [0.1, 0.15) is 22.1 Å². The Kier molecular flexibility index (Phi) is 13.1. The average Bonchev–Trinajstić information content (AvgIpc) is 3.94. The number of benzene rings is 2. The van der Waals surface area contributed by atoms with E-state index in [-0.39, 0.29) is 57.7 Å². The molecule has 0 bridgehead atoms. The molecular weight excluding hydrogens is 892 g/mol. The number of halogens is 1. The van der Waals surface area contributed by atoms with Crippen molar-refractivity contribution in [2.45, 2.75) is 114 Å². The normalized spacial score (nSPS) is 22.9. The summed E-state index contributed by atoms with van der Waals surface area (Å²) in [4.78, 5) is 41.2. The minimum atomic E-state index is -4.72. The Labute approximate surface area is 396 Å². The number of aromatic nitrogens is 3. The third kappa shape index (κ3) is 9.72. The number of nitrogens with one attached hydrogen (secondary N) is 3. The number of carbonyl (C=O) groups is 1. The second kappa shape index (κ2) is 18.9. The van der Waals surface area contributed by atoms with E-state index in [9.17, 15) is 32.8 Å². The molecule has 5 aromatic rings. The number of piperidine rings is 1. The van der Waals surface area contributed by atoms with Crippen LogP contribution < -0.4 is 24.4 Å². The third-order valence-corrected chi connectivity index (χ3v) is 16.1. The molecule has 362 valence electrons. The van der Waals surface area contributed by atoms with Crippen molar-refractivity contribution in [3.8, 4) is 17.4 Å². The lowest BCUT2D eigenvalue weighted by atomic mass is 9.70. The fourth-order valence-electron chi connectivity index (χ4n) is 10.9. The lowest BCUT2D eigenvalue weighted by Crippen LogP contribution is -2.63. The summed E-state index contributed by atoms with van der Waals surface area (Å²) in [5, 5.41) is 25.6. The molecule has 4 fully saturated rings. The number of rotatable bonds is 15. The first-order chi connectivity index (χ1) is 32.5. The van der Waals surface area contributed by atoms with Gasteiger partial charge in [-0.05, 0) is 112 Å². The predicted molar refractivity (Wildman–Crippen MR) is 257 cm³/mol. The van der Waals surface area contributed by atoms with E-state index >= 15 is 0 Å². The van der Waals surface area contributed by atoms with Crippen molar-refractivity contribution in [3.63, 3.8) is 0 Å².